The fourth-order valence-corrected chi connectivity index (χ4v) is 1.45. The van der Waals surface area contributed by atoms with Gasteiger partial charge in [0.2, 0.25) is 0 Å². The summed E-state index contributed by atoms with van der Waals surface area (Å²) in [4.78, 5) is 13.4. The molecule has 0 unspecified atom stereocenters. The molecule has 1 heterocycles. The molecule has 5 nitrogen and oxygen atoms in total. The van der Waals surface area contributed by atoms with Gasteiger partial charge in [0.1, 0.15) is 5.69 Å². The molecule has 2 N–H and O–H groups in total. The van der Waals surface area contributed by atoms with Crippen molar-refractivity contribution in [3.63, 3.8) is 0 Å². The van der Waals surface area contributed by atoms with E-state index in [1.165, 1.54) is 6.07 Å². The first-order chi connectivity index (χ1) is 7.77. The van der Waals surface area contributed by atoms with Crippen molar-refractivity contribution in [3.05, 3.63) is 58.4 Å². The largest absolute Gasteiger partial charge is 0.374 e. The highest BCUT2D eigenvalue weighted by atomic mass is 16.6. The Morgan fingerprint density at radius 3 is 2.75 bits per heavy atom. The molecule has 2 rings (SSSR count). The number of anilines is 1. The maximum Gasteiger partial charge on any atom is 0.292 e. The highest BCUT2D eigenvalue weighted by molar-refractivity contribution is 5.61. The molecule has 1 aromatic heterocycles. The molecule has 0 amide bonds. The lowest BCUT2D eigenvalue weighted by atomic mass is 10.2. The zero-order valence-corrected chi connectivity index (χ0v) is 8.51. The Morgan fingerprint density at radius 1 is 1.25 bits per heavy atom. The summed E-state index contributed by atoms with van der Waals surface area (Å²) in [5.74, 6) is 0. The molecule has 2 aromatic rings. The highest BCUT2D eigenvalue weighted by Crippen LogP contribution is 2.23. The van der Waals surface area contributed by atoms with E-state index in [-0.39, 0.29) is 5.69 Å². The third kappa shape index (κ3) is 2.20. The molecule has 82 valence electrons. The number of hydrogen-bond acceptors (Lipinski definition) is 3. The van der Waals surface area contributed by atoms with Crippen LogP contribution in [0.4, 0.5) is 11.4 Å². The topological polar surface area (TPSA) is 71.0 Å². The highest BCUT2D eigenvalue weighted by Gasteiger charge is 2.11. The summed E-state index contributed by atoms with van der Waals surface area (Å²) in [7, 11) is 0. The summed E-state index contributed by atoms with van der Waals surface area (Å²) in [5.41, 5.74) is 1.61. The molecule has 0 radical (unpaired) electrons. The molecule has 0 saturated carbocycles. The molecule has 0 saturated heterocycles. The van der Waals surface area contributed by atoms with Crippen LogP contribution in [0, 0.1) is 10.1 Å². The molecule has 0 aliphatic heterocycles. The van der Waals surface area contributed by atoms with Gasteiger partial charge in [0.25, 0.3) is 5.69 Å². The third-order valence-corrected chi connectivity index (χ3v) is 2.23. The number of nitrogens with zero attached hydrogens (tertiary/aromatic N) is 1. The van der Waals surface area contributed by atoms with E-state index < -0.39 is 4.92 Å². The SMILES string of the molecule is O=[N+]([O-])c1ccccc1NCc1ccc[nH]1. The average Bonchev–Trinajstić information content (AvgIpc) is 2.79. The predicted octanol–water partition coefficient (Wildman–Crippen LogP) is 2.54. The average molecular weight is 217 g/mol. The molecule has 0 spiro atoms. The quantitative estimate of drug-likeness (QED) is 0.610. The van der Waals surface area contributed by atoms with Crippen LogP contribution in [0.1, 0.15) is 5.69 Å². The van der Waals surface area contributed by atoms with E-state index in [4.69, 9.17) is 0 Å². The van der Waals surface area contributed by atoms with Crippen molar-refractivity contribution < 1.29 is 4.92 Å². The number of hydrogen-bond donors (Lipinski definition) is 2. The van der Waals surface area contributed by atoms with Crippen LogP contribution in [0.5, 0.6) is 0 Å². The maximum atomic E-state index is 10.7. The van der Waals surface area contributed by atoms with Crippen LogP contribution in [-0.4, -0.2) is 9.91 Å². The van der Waals surface area contributed by atoms with E-state index in [0.29, 0.717) is 12.2 Å². The van der Waals surface area contributed by atoms with Crippen molar-refractivity contribution in [2.45, 2.75) is 6.54 Å². The van der Waals surface area contributed by atoms with E-state index in [1.807, 2.05) is 18.3 Å². The fourth-order valence-electron chi connectivity index (χ4n) is 1.45. The van der Waals surface area contributed by atoms with Gasteiger partial charge in [-0.05, 0) is 18.2 Å². The smallest absolute Gasteiger partial charge is 0.292 e. The van der Waals surface area contributed by atoms with E-state index in [2.05, 4.69) is 10.3 Å². The molecule has 16 heavy (non-hydrogen) atoms. The van der Waals surface area contributed by atoms with E-state index >= 15 is 0 Å². The monoisotopic (exact) mass is 217 g/mol. The lowest BCUT2D eigenvalue weighted by Gasteiger charge is -2.05. The Hall–Kier alpha value is -2.30. The minimum atomic E-state index is -0.392. The normalized spacial score (nSPS) is 10.0. The van der Waals surface area contributed by atoms with Gasteiger partial charge in [-0.25, -0.2) is 0 Å². The summed E-state index contributed by atoms with van der Waals surface area (Å²) in [6, 6.07) is 10.4. The minimum absolute atomic E-state index is 0.0917. The molecular weight excluding hydrogens is 206 g/mol. The molecule has 5 heteroatoms. The maximum absolute atomic E-state index is 10.7. The van der Waals surface area contributed by atoms with Gasteiger partial charge < -0.3 is 10.3 Å². The van der Waals surface area contributed by atoms with Gasteiger partial charge in [-0.3, -0.25) is 10.1 Å². The third-order valence-electron chi connectivity index (χ3n) is 2.23. The van der Waals surface area contributed by atoms with Crippen molar-refractivity contribution in [3.8, 4) is 0 Å². The Kier molecular flexibility index (Phi) is 2.86. The van der Waals surface area contributed by atoms with E-state index in [1.54, 1.807) is 18.2 Å². The Labute approximate surface area is 92.3 Å². The van der Waals surface area contributed by atoms with Crippen molar-refractivity contribution in [1.29, 1.82) is 0 Å². The molecule has 0 bridgehead atoms. The number of nitro benzene ring substituents is 1. The molecule has 0 fully saturated rings. The van der Waals surface area contributed by atoms with E-state index in [9.17, 15) is 10.1 Å². The molecular formula is C11H11N3O2. The molecule has 0 aliphatic rings. The van der Waals surface area contributed by atoms with E-state index in [0.717, 1.165) is 5.69 Å². The fraction of sp³-hybridized carbons (Fsp3) is 0.0909. The lowest BCUT2D eigenvalue weighted by Crippen LogP contribution is -2.02. The second-order valence-electron chi connectivity index (χ2n) is 3.32. The number of rotatable bonds is 4. The van der Waals surface area contributed by atoms with Crippen molar-refractivity contribution in [2.75, 3.05) is 5.32 Å². The zero-order valence-electron chi connectivity index (χ0n) is 8.51. The zero-order chi connectivity index (χ0) is 11.4. The summed E-state index contributed by atoms with van der Waals surface area (Å²) < 4.78 is 0. The number of aromatic amines is 1. The van der Waals surface area contributed by atoms with Crippen LogP contribution < -0.4 is 5.32 Å². The van der Waals surface area contributed by atoms with Crippen LogP contribution in [0.25, 0.3) is 0 Å². The second kappa shape index (κ2) is 4.48. The molecule has 1 aromatic carbocycles. The second-order valence-corrected chi connectivity index (χ2v) is 3.32. The molecule has 0 atom stereocenters. The summed E-state index contributed by atoms with van der Waals surface area (Å²) in [5, 5.41) is 13.8. The van der Waals surface area contributed by atoms with Gasteiger partial charge in [-0.15, -0.1) is 0 Å². The van der Waals surface area contributed by atoms with Gasteiger partial charge in [0, 0.05) is 18.0 Å². The predicted molar refractivity (Wildman–Crippen MR) is 61.2 cm³/mol. The first kappa shape index (κ1) is 10.2. The Bertz CT molecular complexity index is 480. The van der Waals surface area contributed by atoms with Crippen LogP contribution in [0.3, 0.4) is 0 Å². The minimum Gasteiger partial charge on any atom is -0.374 e. The summed E-state index contributed by atoms with van der Waals surface area (Å²) >= 11 is 0. The number of nitro groups is 1. The lowest BCUT2D eigenvalue weighted by molar-refractivity contribution is -0.384. The first-order valence-corrected chi connectivity index (χ1v) is 4.87. The van der Waals surface area contributed by atoms with Gasteiger partial charge >= 0.3 is 0 Å². The number of H-pyrrole nitrogens is 1. The number of para-hydroxylation sites is 2. The van der Waals surface area contributed by atoms with Crippen molar-refractivity contribution >= 4 is 11.4 Å². The van der Waals surface area contributed by atoms with Crippen LogP contribution in [-0.2, 0) is 6.54 Å². The summed E-state index contributed by atoms with van der Waals surface area (Å²) in [6.07, 6.45) is 1.82. The molecule has 0 aliphatic carbocycles. The van der Waals surface area contributed by atoms with Crippen molar-refractivity contribution in [2.24, 2.45) is 0 Å². The van der Waals surface area contributed by atoms with Gasteiger partial charge in [-0.1, -0.05) is 12.1 Å². The van der Waals surface area contributed by atoms with Crippen LogP contribution in [0.2, 0.25) is 0 Å². The summed E-state index contributed by atoms with van der Waals surface area (Å²) in [6.45, 7) is 0.540. The van der Waals surface area contributed by atoms with Gasteiger partial charge in [0.15, 0.2) is 0 Å². The first-order valence-electron chi connectivity index (χ1n) is 4.87. The standard InChI is InChI=1S/C11H11N3O2/c15-14(16)11-6-2-1-5-10(11)13-8-9-4-3-7-12-9/h1-7,12-13H,8H2. The number of benzene rings is 1. The number of nitrogens with one attached hydrogen (secondary N) is 2. The number of aromatic nitrogens is 1. The van der Waals surface area contributed by atoms with Gasteiger partial charge in [-0.2, -0.15) is 0 Å². The van der Waals surface area contributed by atoms with Crippen molar-refractivity contribution in [1.82, 2.24) is 4.98 Å². The van der Waals surface area contributed by atoms with Gasteiger partial charge in [0.05, 0.1) is 11.5 Å². The Morgan fingerprint density at radius 2 is 2.06 bits per heavy atom. The van der Waals surface area contributed by atoms with Crippen LogP contribution >= 0.6 is 0 Å². The van der Waals surface area contributed by atoms with Crippen LogP contribution in [0.15, 0.2) is 42.6 Å². The Balaban J connectivity index is 2.12.